The molecule has 0 aliphatic rings. The van der Waals surface area contributed by atoms with Crippen molar-refractivity contribution in [3.63, 3.8) is 0 Å². The zero-order valence-electron chi connectivity index (χ0n) is 10.0. The van der Waals surface area contributed by atoms with E-state index in [9.17, 15) is 9.18 Å². The van der Waals surface area contributed by atoms with Crippen LogP contribution in [0.25, 0.3) is 0 Å². The molecule has 18 heavy (non-hydrogen) atoms. The smallest absolute Gasteiger partial charge is 0.255 e. The second-order valence-corrected chi connectivity index (χ2v) is 4.64. The lowest BCUT2D eigenvalue weighted by molar-refractivity contribution is 0.0776. The monoisotopic (exact) mass is 312 g/mol. The van der Waals surface area contributed by atoms with Crippen molar-refractivity contribution in [3.05, 3.63) is 28.0 Å². The van der Waals surface area contributed by atoms with Crippen molar-refractivity contribution in [1.29, 1.82) is 0 Å². The molecular weight excluding hydrogens is 299 g/mol. The Morgan fingerprint density at radius 3 is 2.83 bits per heavy atom. The van der Waals surface area contributed by atoms with Crippen molar-refractivity contribution in [2.45, 2.75) is 13.3 Å². The molecule has 0 aromatic heterocycles. The molecular formula is C13H14BrFN2O. The number of benzene rings is 1. The number of nitrogens with zero attached hydrogens (tertiary/aromatic N) is 1. The van der Waals surface area contributed by atoms with Gasteiger partial charge in [0.1, 0.15) is 5.82 Å². The number of nitrogen functional groups attached to an aromatic ring is 1. The van der Waals surface area contributed by atoms with Gasteiger partial charge in [0.25, 0.3) is 5.91 Å². The van der Waals surface area contributed by atoms with Crippen LogP contribution in [0, 0.1) is 18.2 Å². The summed E-state index contributed by atoms with van der Waals surface area (Å²) in [6.07, 6.45) is 6.02. The predicted molar refractivity (Wildman–Crippen MR) is 73.5 cm³/mol. The fraction of sp³-hybridized carbons (Fsp3) is 0.308. The standard InChI is InChI=1S/C13H14BrFN2O/c1-3-5-17(6-4-2)13(18)9-7-12(16)11(15)8-10(9)14/h1,7-8H,4-6,16H2,2H3. The molecule has 2 N–H and O–H groups in total. The molecule has 0 heterocycles. The number of halogens is 2. The number of hydrogen-bond donors (Lipinski definition) is 1. The van der Waals surface area contributed by atoms with Gasteiger partial charge in [-0.25, -0.2) is 4.39 Å². The van der Waals surface area contributed by atoms with E-state index in [0.29, 0.717) is 16.6 Å². The Morgan fingerprint density at radius 1 is 1.61 bits per heavy atom. The van der Waals surface area contributed by atoms with Crippen LogP contribution in [-0.4, -0.2) is 23.9 Å². The number of rotatable bonds is 4. The second-order valence-electron chi connectivity index (χ2n) is 3.78. The lowest BCUT2D eigenvalue weighted by Gasteiger charge is -2.20. The second kappa shape index (κ2) is 6.41. The first kappa shape index (κ1) is 14.5. The zero-order valence-corrected chi connectivity index (χ0v) is 11.6. The number of hydrogen-bond acceptors (Lipinski definition) is 2. The molecule has 0 fully saturated rings. The van der Waals surface area contributed by atoms with Crippen LogP contribution in [0.4, 0.5) is 10.1 Å². The summed E-state index contributed by atoms with van der Waals surface area (Å²) in [6, 6.07) is 2.50. The van der Waals surface area contributed by atoms with Crippen LogP contribution in [0.2, 0.25) is 0 Å². The van der Waals surface area contributed by atoms with Gasteiger partial charge in [-0.2, -0.15) is 0 Å². The van der Waals surface area contributed by atoms with Gasteiger partial charge in [0.15, 0.2) is 0 Å². The zero-order chi connectivity index (χ0) is 13.7. The van der Waals surface area contributed by atoms with Crippen molar-refractivity contribution in [3.8, 4) is 12.3 Å². The first-order valence-corrected chi connectivity index (χ1v) is 6.27. The first-order chi connectivity index (χ1) is 8.51. The van der Waals surface area contributed by atoms with Gasteiger partial charge in [0.05, 0.1) is 17.8 Å². The van der Waals surface area contributed by atoms with Gasteiger partial charge in [0, 0.05) is 11.0 Å². The highest BCUT2D eigenvalue weighted by molar-refractivity contribution is 9.10. The number of anilines is 1. The summed E-state index contributed by atoms with van der Waals surface area (Å²) in [7, 11) is 0. The van der Waals surface area contributed by atoms with Crippen LogP contribution >= 0.6 is 15.9 Å². The Balaban J connectivity index is 3.09. The summed E-state index contributed by atoms with van der Waals surface area (Å²) in [5.41, 5.74) is 5.73. The maximum atomic E-state index is 13.2. The molecule has 0 spiro atoms. The molecule has 0 unspecified atom stereocenters. The van der Waals surface area contributed by atoms with E-state index >= 15 is 0 Å². The number of carbonyl (C=O) groups excluding carboxylic acids is 1. The maximum absolute atomic E-state index is 13.2. The topological polar surface area (TPSA) is 46.3 Å². The minimum absolute atomic E-state index is 0.0568. The molecule has 96 valence electrons. The largest absolute Gasteiger partial charge is 0.396 e. The van der Waals surface area contributed by atoms with Crippen molar-refractivity contribution in [2.24, 2.45) is 0 Å². The average Bonchev–Trinajstić information content (AvgIpc) is 2.33. The summed E-state index contributed by atoms with van der Waals surface area (Å²) in [5, 5.41) is 0. The van der Waals surface area contributed by atoms with E-state index in [4.69, 9.17) is 12.2 Å². The molecule has 3 nitrogen and oxygen atoms in total. The molecule has 0 aliphatic carbocycles. The number of terminal acetylenes is 1. The van der Waals surface area contributed by atoms with Gasteiger partial charge in [-0.05, 0) is 34.5 Å². The van der Waals surface area contributed by atoms with Gasteiger partial charge in [-0.3, -0.25) is 4.79 Å². The van der Waals surface area contributed by atoms with Gasteiger partial charge < -0.3 is 10.6 Å². The third-order valence-electron chi connectivity index (χ3n) is 2.38. The van der Waals surface area contributed by atoms with Crippen LogP contribution in [0.3, 0.4) is 0 Å². The van der Waals surface area contributed by atoms with Crippen LogP contribution < -0.4 is 5.73 Å². The van der Waals surface area contributed by atoms with E-state index < -0.39 is 5.82 Å². The van der Waals surface area contributed by atoms with E-state index in [-0.39, 0.29) is 18.1 Å². The van der Waals surface area contributed by atoms with Gasteiger partial charge in [0.2, 0.25) is 0 Å². The Morgan fingerprint density at radius 2 is 2.28 bits per heavy atom. The molecule has 0 saturated carbocycles. The highest BCUT2D eigenvalue weighted by Crippen LogP contribution is 2.24. The quantitative estimate of drug-likeness (QED) is 0.686. The van der Waals surface area contributed by atoms with Gasteiger partial charge >= 0.3 is 0 Å². The Hall–Kier alpha value is -1.54. The molecule has 1 aromatic carbocycles. The van der Waals surface area contributed by atoms with Crippen LogP contribution in [0.15, 0.2) is 16.6 Å². The lowest BCUT2D eigenvalue weighted by atomic mass is 10.1. The minimum atomic E-state index is -0.558. The van der Waals surface area contributed by atoms with E-state index in [1.165, 1.54) is 17.0 Å². The third-order valence-corrected chi connectivity index (χ3v) is 3.04. The first-order valence-electron chi connectivity index (χ1n) is 5.48. The lowest BCUT2D eigenvalue weighted by Crippen LogP contribution is -2.32. The summed E-state index contributed by atoms with van der Waals surface area (Å²) in [6.45, 7) is 2.72. The number of amides is 1. The molecule has 1 rings (SSSR count). The van der Waals surface area contributed by atoms with Crippen molar-refractivity contribution < 1.29 is 9.18 Å². The molecule has 0 aliphatic heterocycles. The highest BCUT2D eigenvalue weighted by Gasteiger charge is 2.18. The Kier molecular flexibility index (Phi) is 5.17. The fourth-order valence-corrected chi connectivity index (χ4v) is 2.02. The SMILES string of the molecule is C#CCN(CCC)C(=O)c1cc(N)c(F)cc1Br. The van der Waals surface area contributed by atoms with Crippen LogP contribution in [0.1, 0.15) is 23.7 Å². The van der Waals surface area contributed by atoms with Crippen LogP contribution in [-0.2, 0) is 0 Å². The third kappa shape index (κ3) is 3.23. The number of carbonyl (C=O) groups is 1. The summed E-state index contributed by atoms with van der Waals surface area (Å²) >= 11 is 3.16. The summed E-state index contributed by atoms with van der Waals surface area (Å²) < 4.78 is 13.6. The van der Waals surface area contributed by atoms with Crippen molar-refractivity contribution in [1.82, 2.24) is 4.90 Å². The molecule has 0 radical (unpaired) electrons. The summed E-state index contributed by atoms with van der Waals surface area (Å²) in [5.74, 6) is 1.62. The molecule has 0 saturated heterocycles. The normalized spacial score (nSPS) is 9.89. The average molecular weight is 313 g/mol. The van der Waals surface area contributed by atoms with Gasteiger partial charge in [-0.1, -0.05) is 12.8 Å². The van der Waals surface area contributed by atoms with E-state index in [1.807, 2.05) is 6.92 Å². The molecule has 5 heteroatoms. The van der Waals surface area contributed by atoms with Gasteiger partial charge in [-0.15, -0.1) is 6.42 Å². The molecule has 1 amide bonds. The predicted octanol–water partition coefficient (Wildman–Crippen LogP) is 2.66. The van der Waals surface area contributed by atoms with E-state index in [0.717, 1.165) is 6.42 Å². The summed E-state index contributed by atoms with van der Waals surface area (Å²) in [4.78, 5) is 13.8. The Labute approximate surface area is 114 Å². The minimum Gasteiger partial charge on any atom is -0.396 e. The molecule has 1 aromatic rings. The highest BCUT2D eigenvalue weighted by atomic mass is 79.9. The van der Waals surface area contributed by atoms with Crippen molar-refractivity contribution >= 4 is 27.5 Å². The Bertz CT molecular complexity index is 496. The molecule has 0 atom stereocenters. The van der Waals surface area contributed by atoms with Crippen LogP contribution in [0.5, 0.6) is 0 Å². The van der Waals surface area contributed by atoms with E-state index in [2.05, 4.69) is 21.9 Å². The fourth-order valence-electron chi connectivity index (χ4n) is 1.53. The number of nitrogens with two attached hydrogens (primary N) is 1. The molecule has 0 bridgehead atoms. The van der Waals surface area contributed by atoms with Crippen molar-refractivity contribution in [2.75, 3.05) is 18.8 Å². The maximum Gasteiger partial charge on any atom is 0.255 e. The van der Waals surface area contributed by atoms with E-state index in [1.54, 1.807) is 0 Å².